The lowest BCUT2D eigenvalue weighted by molar-refractivity contribution is 0.356. The van der Waals surface area contributed by atoms with Gasteiger partial charge >= 0.3 is 0 Å². The maximum atomic E-state index is 5.63. The van der Waals surface area contributed by atoms with E-state index in [4.69, 9.17) is 5.73 Å². The maximum absolute atomic E-state index is 5.63. The first-order chi connectivity index (χ1) is 3.54. The molecule has 1 rings (SSSR count). The van der Waals surface area contributed by atoms with Crippen molar-refractivity contribution in [2.75, 3.05) is 0 Å². The van der Waals surface area contributed by atoms with E-state index in [1.807, 2.05) is 11.9 Å². The quantitative estimate of drug-likeness (QED) is 0.467. The van der Waals surface area contributed by atoms with E-state index < -0.39 is 0 Å². The van der Waals surface area contributed by atoms with Crippen molar-refractivity contribution in [1.29, 1.82) is 0 Å². The smallest absolute Gasteiger partial charge is 0.146 e. The summed E-state index contributed by atoms with van der Waals surface area (Å²) in [5.41, 5.74) is 8.64. The first-order valence-corrected chi connectivity index (χ1v) is 2.90. The molecule has 3 heteroatoms. The minimum atomic E-state index is -0.228. The molecule has 2 unspecified atom stereocenters. The molecule has 1 heterocycles. The standard InChI is InChI=1S/C5H13N3/c1-4(2)8-5(3,6)7-8/h4,7H,6H2,1-3H3. The van der Waals surface area contributed by atoms with E-state index in [2.05, 4.69) is 19.3 Å². The van der Waals surface area contributed by atoms with Crippen molar-refractivity contribution in [3.8, 4) is 0 Å². The third kappa shape index (κ3) is 0.844. The molecule has 1 aliphatic rings. The van der Waals surface area contributed by atoms with Crippen LogP contribution in [-0.2, 0) is 0 Å². The Morgan fingerprint density at radius 1 is 1.62 bits per heavy atom. The molecule has 0 bridgehead atoms. The average molecular weight is 115 g/mol. The van der Waals surface area contributed by atoms with E-state index in [0.29, 0.717) is 6.04 Å². The van der Waals surface area contributed by atoms with Gasteiger partial charge < -0.3 is 0 Å². The predicted molar refractivity (Wildman–Crippen MR) is 32.7 cm³/mol. The average Bonchev–Trinajstić information content (AvgIpc) is 2.13. The van der Waals surface area contributed by atoms with Crippen molar-refractivity contribution in [2.45, 2.75) is 32.6 Å². The van der Waals surface area contributed by atoms with Gasteiger partial charge in [-0.15, -0.1) is 0 Å². The van der Waals surface area contributed by atoms with E-state index >= 15 is 0 Å². The Balaban J connectivity index is 2.37. The SMILES string of the molecule is CC(C)N1NC1(C)N. The zero-order valence-corrected chi connectivity index (χ0v) is 5.60. The molecule has 3 N–H and O–H groups in total. The molecular formula is C5H13N3. The lowest BCUT2D eigenvalue weighted by Gasteiger charge is -2.04. The Labute approximate surface area is 49.8 Å². The van der Waals surface area contributed by atoms with Crippen molar-refractivity contribution < 1.29 is 0 Å². The Morgan fingerprint density at radius 2 is 2.00 bits per heavy atom. The molecule has 2 atom stereocenters. The highest BCUT2D eigenvalue weighted by atomic mass is 15.8. The molecule has 0 radical (unpaired) electrons. The fourth-order valence-electron chi connectivity index (χ4n) is 0.884. The number of hydrogen-bond acceptors (Lipinski definition) is 3. The van der Waals surface area contributed by atoms with Gasteiger partial charge in [-0.25, -0.2) is 10.4 Å². The fourth-order valence-corrected chi connectivity index (χ4v) is 0.884. The van der Waals surface area contributed by atoms with Gasteiger partial charge in [0.2, 0.25) is 0 Å². The van der Waals surface area contributed by atoms with Crippen LogP contribution in [0.1, 0.15) is 20.8 Å². The van der Waals surface area contributed by atoms with Gasteiger partial charge in [-0.1, -0.05) is 0 Å². The second kappa shape index (κ2) is 1.43. The number of hydrazine groups is 1. The third-order valence-corrected chi connectivity index (χ3v) is 1.31. The maximum Gasteiger partial charge on any atom is 0.146 e. The van der Waals surface area contributed by atoms with Crippen LogP contribution in [0, 0.1) is 0 Å². The first kappa shape index (κ1) is 6.01. The molecule has 0 aromatic carbocycles. The lowest BCUT2D eigenvalue weighted by Crippen LogP contribution is -2.29. The summed E-state index contributed by atoms with van der Waals surface area (Å²) in [6, 6.07) is 0.505. The Morgan fingerprint density at radius 3 is 2.00 bits per heavy atom. The second-order valence-corrected chi connectivity index (χ2v) is 2.72. The van der Waals surface area contributed by atoms with E-state index in [0.717, 1.165) is 0 Å². The molecular weight excluding hydrogens is 102 g/mol. The largest absolute Gasteiger partial charge is 0.299 e. The van der Waals surface area contributed by atoms with Gasteiger partial charge in [0.15, 0.2) is 0 Å². The summed E-state index contributed by atoms with van der Waals surface area (Å²) < 4.78 is 0. The number of nitrogens with two attached hydrogens (primary N) is 1. The van der Waals surface area contributed by atoms with Gasteiger partial charge in [0.05, 0.1) is 0 Å². The van der Waals surface area contributed by atoms with Crippen LogP contribution in [0.3, 0.4) is 0 Å². The molecule has 1 aliphatic heterocycles. The highest BCUT2D eigenvalue weighted by Gasteiger charge is 2.44. The zero-order chi connectivity index (χ0) is 6.36. The molecule has 0 spiro atoms. The van der Waals surface area contributed by atoms with Crippen LogP contribution in [0.25, 0.3) is 0 Å². The number of rotatable bonds is 1. The summed E-state index contributed by atoms with van der Waals surface area (Å²) >= 11 is 0. The summed E-state index contributed by atoms with van der Waals surface area (Å²) in [5, 5.41) is 2.01. The van der Waals surface area contributed by atoms with Gasteiger partial charge in [-0.05, 0) is 20.8 Å². The van der Waals surface area contributed by atoms with Gasteiger partial charge in [0.25, 0.3) is 0 Å². The summed E-state index contributed by atoms with van der Waals surface area (Å²) in [7, 11) is 0. The van der Waals surface area contributed by atoms with Crippen molar-refractivity contribution in [2.24, 2.45) is 5.73 Å². The molecule has 48 valence electrons. The Bertz CT molecular complexity index is 97.8. The van der Waals surface area contributed by atoms with E-state index in [1.165, 1.54) is 0 Å². The molecule has 1 fully saturated rings. The van der Waals surface area contributed by atoms with E-state index in [-0.39, 0.29) is 5.79 Å². The monoisotopic (exact) mass is 115 g/mol. The molecule has 0 aliphatic carbocycles. The number of hydrogen-bond donors (Lipinski definition) is 2. The van der Waals surface area contributed by atoms with Crippen LogP contribution in [0.4, 0.5) is 0 Å². The molecule has 8 heavy (non-hydrogen) atoms. The van der Waals surface area contributed by atoms with Crippen LogP contribution in [0.2, 0.25) is 0 Å². The van der Waals surface area contributed by atoms with Gasteiger partial charge in [0, 0.05) is 6.04 Å². The molecule has 3 nitrogen and oxygen atoms in total. The highest BCUT2D eigenvalue weighted by Crippen LogP contribution is 2.19. The minimum absolute atomic E-state index is 0.228. The molecule has 0 aromatic rings. The minimum Gasteiger partial charge on any atom is -0.299 e. The van der Waals surface area contributed by atoms with Crippen molar-refractivity contribution in [3.63, 3.8) is 0 Å². The summed E-state index contributed by atoms with van der Waals surface area (Å²) in [6.45, 7) is 6.16. The van der Waals surface area contributed by atoms with Crippen LogP contribution < -0.4 is 11.2 Å². The van der Waals surface area contributed by atoms with Gasteiger partial charge in [-0.3, -0.25) is 5.73 Å². The van der Waals surface area contributed by atoms with Gasteiger partial charge in [-0.2, -0.15) is 0 Å². The third-order valence-electron chi connectivity index (χ3n) is 1.31. The predicted octanol–water partition coefficient (Wildman–Crippen LogP) is -0.153. The number of nitrogens with one attached hydrogen (secondary N) is 1. The second-order valence-electron chi connectivity index (χ2n) is 2.72. The summed E-state index contributed by atoms with van der Waals surface area (Å²) in [6.07, 6.45) is 0. The van der Waals surface area contributed by atoms with Crippen molar-refractivity contribution in [3.05, 3.63) is 0 Å². The topological polar surface area (TPSA) is 51.0 Å². The Hall–Kier alpha value is -0.120. The molecule has 0 amide bonds. The Kier molecular flexibility index (Phi) is 1.08. The van der Waals surface area contributed by atoms with Crippen LogP contribution >= 0.6 is 0 Å². The van der Waals surface area contributed by atoms with E-state index in [1.54, 1.807) is 0 Å². The summed E-state index contributed by atoms with van der Waals surface area (Å²) in [5.74, 6) is -0.228. The lowest BCUT2D eigenvalue weighted by atomic mass is 10.4. The summed E-state index contributed by atoms with van der Waals surface area (Å²) in [4.78, 5) is 0. The fraction of sp³-hybridized carbons (Fsp3) is 1.00. The van der Waals surface area contributed by atoms with Crippen molar-refractivity contribution >= 4 is 0 Å². The molecule has 0 aromatic heterocycles. The molecule has 0 saturated carbocycles. The van der Waals surface area contributed by atoms with Gasteiger partial charge in [0.1, 0.15) is 5.79 Å². The van der Waals surface area contributed by atoms with E-state index in [9.17, 15) is 0 Å². The first-order valence-electron chi connectivity index (χ1n) is 2.90. The van der Waals surface area contributed by atoms with Crippen LogP contribution in [0.15, 0.2) is 0 Å². The highest BCUT2D eigenvalue weighted by molar-refractivity contribution is 4.89. The zero-order valence-electron chi connectivity index (χ0n) is 5.60. The number of nitrogens with zero attached hydrogens (tertiary/aromatic N) is 1. The van der Waals surface area contributed by atoms with Crippen LogP contribution in [-0.4, -0.2) is 16.8 Å². The molecule has 1 saturated heterocycles. The van der Waals surface area contributed by atoms with Crippen LogP contribution in [0.5, 0.6) is 0 Å². The normalized spacial score (nSPS) is 45.4. The van der Waals surface area contributed by atoms with Crippen molar-refractivity contribution in [1.82, 2.24) is 10.4 Å².